The van der Waals surface area contributed by atoms with Crippen LogP contribution in [0.15, 0.2) is 30.5 Å². The van der Waals surface area contributed by atoms with Crippen molar-refractivity contribution in [1.82, 2.24) is 15.1 Å². The highest BCUT2D eigenvalue weighted by Crippen LogP contribution is 2.16. The zero-order valence-electron chi connectivity index (χ0n) is 16.2. The van der Waals surface area contributed by atoms with E-state index >= 15 is 0 Å². The molecule has 0 saturated carbocycles. The van der Waals surface area contributed by atoms with Crippen molar-refractivity contribution in [2.75, 3.05) is 13.2 Å². The van der Waals surface area contributed by atoms with Crippen LogP contribution >= 0.6 is 0 Å². The van der Waals surface area contributed by atoms with Crippen molar-refractivity contribution in [3.05, 3.63) is 47.3 Å². The number of nitrogens with one attached hydrogen (secondary N) is 1. The summed E-state index contributed by atoms with van der Waals surface area (Å²) in [6.07, 6.45) is 1.56. The molecule has 0 aliphatic rings. The molecule has 0 spiro atoms. The molecule has 27 heavy (non-hydrogen) atoms. The van der Waals surface area contributed by atoms with Gasteiger partial charge in [0.25, 0.3) is 5.91 Å². The zero-order chi connectivity index (χ0) is 20.0. The number of carbonyl (C=O) groups is 2. The van der Waals surface area contributed by atoms with Gasteiger partial charge in [0.2, 0.25) is 0 Å². The van der Waals surface area contributed by atoms with Gasteiger partial charge in [-0.2, -0.15) is 5.10 Å². The summed E-state index contributed by atoms with van der Waals surface area (Å²) >= 11 is 0. The van der Waals surface area contributed by atoms with Crippen molar-refractivity contribution >= 4 is 11.9 Å². The maximum atomic E-state index is 12.2. The average molecular weight is 373 g/mol. The second-order valence-electron chi connectivity index (χ2n) is 6.82. The molecule has 0 unspecified atom stereocenters. The summed E-state index contributed by atoms with van der Waals surface area (Å²) in [6, 6.07) is 6.89. The van der Waals surface area contributed by atoms with Gasteiger partial charge in [0.1, 0.15) is 5.56 Å². The van der Waals surface area contributed by atoms with Crippen LogP contribution in [0.2, 0.25) is 0 Å². The minimum Gasteiger partial charge on any atom is -0.462 e. The van der Waals surface area contributed by atoms with Crippen LogP contribution in [0.25, 0.3) is 5.69 Å². The Kier molecular flexibility index (Phi) is 7.12. The van der Waals surface area contributed by atoms with Crippen LogP contribution in [-0.2, 0) is 4.74 Å². The lowest BCUT2D eigenvalue weighted by Crippen LogP contribution is -2.32. The Labute approximate surface area is 159 Å². The normalized spacial score (nSPS) is 12.1. The molecular weight excluding hydrogens is 346 g/mol. The van der Waals surface area contributed by atoms with E-state index in [0.717, 1.165) is 5.69 Å². The third-order valence-electron chi connectivity index (χ3n) is 4.12. The topological polar surface area (TPSA) is 93.5 Å². The molecule has 1 atom stereocenters. The highest BCUT2D eigenvalue weighted by molar-refractivity contribution is 5.94. The number of carbonyl (C=O) groups excluding carboxylic acids is 2. The Bertz CT molecular complexity index is 781. The molecule has 2 N–H and O–H groups in total. The number of benzene rings is 1. The van der Waals surface area contributed by atoms with Crippen LogP contribution in [0.5, 0.6) is 0 Å². The number of aliphatic hydroxyl groups excluding tert-OH is 1. The molecule has 0 aliphatic heterocycles. The summed E-state index contributed by atoms with van der Waals surface area (Å²) in [5, 5.41) is 16.8. The van der Waals surface area contributed by atoms with E-state index in [1.54, 1.807) is 42.8 Å². The van der Waals surface area contributed by atoms with Crippen LogP contribution in [0.1, 0.15) is 53.6 Å². The van der Waals surface area contributed by atoms with Crippen molar-refractivity contribution in [1.29, 1.82) is 0 Å². The van der Waals surface area contributed by atoms with Crippen molar-refractivity contribution in [3.8, 4) is 5.69 Å². The van der Waals surface area contributed by atoms with Crippen molar-refractivity contribution in [3.63, 3.8) is 0 Å². The minimum absolute atomic E-state index is 0.222. The first-order chi connectivity index (χ1) is 12.8. The summed E-state index contributed by atoms with van der Waals surface area (Å²) in [5.74, 6) is -0.279. The molecule has 0 bridgehead atoms. The molecule has 0 aliphatic carbocycles. The third-order valence-corrected chi connectivity index (χ3v) is 4.12. The molecular formula is C20H27N3O4. The van der Waals surface area contributed by atoms with Crippen molar-refractivity contribution in [2.45, 2.75) is 40.2 Å². The van der Waals surface area contributed by atoms with E-state index in [0.29, 0.717) is 35.8 Å². The third kappa shape index (κ3) is 5.40. The predicted octanol–water partition coefficient (Wildman–Crippen LogP) is 2.49. The molecule has 1 aromatic carbocycles. The van der Waals surface area contributed by atoms with Gasteiger partial charge in [-0.25, -0.2) is 9.48 Å². The van der Waals surface area contributed by atoms with E-state index in [1.165, 1.54) is 6.20 Å². The molecule has 2 aromatic rings. The lowest BCUT2D eigenvalue weighted by molar-refractivity contribution is 0.0525. The number of aliphatic hydroxyl groups is 1. The Morgan fingerprint density at radius 2 is 1.93 bits per heavy atom. The van der Waals surface area contributed by atoms with Gasteiger partial charge in [-0.3, -0.25) is 4.79 Å². The molecule has 0 saturated heterocycles. The van der Waals surface area contributed by atoms with E-state index in [9.17, 15) is 14.7 Å². The summed E-state index contributed by atoms with van der Waals surface area (Å²) in [7, 11) is 0. The van der Waals surface area contributed by atoms with Gasteiger partial charge in [0, 0.05) is 12.1 Å². The van der Waals surface area contributed by atoms with Gasteiger partial charge in [0.05, 0.1) is 30.3 Å². The molecule has 7 heteroatoms. The van der Waals surface area contributed by atoms with Crippen LogP contribution in [0.4, 0.5) is 0 Å². The SMILES string of the molecule is CCOC(=O)c1cnn(-c2ccc(C(=O)NC[C@H](O)CC(C)C)cc2)c1C. The van der Waals surface area contributed by atoms with E-state index in [2.05, 4.69) is 10.4 Å². The van der Waals surface area contributed by atoms with Crippen LogP contribution in [0, 0.1) is 12.8 Å². The molecule has 0 fully saturated rings. The second kappa shape index (κ2) is 9.32. The highest BCUT2D eigenvalue weighted by atomic mass is 16.5. The fourth-order valence-electron chi connectivity index (χ4n) is 2.77. The number of amides is 1. The Balaban J connectivity index is 2.05. The Morgan fingerprint density at radius 1 is 1.26 bits per heavy atom. The van der Waals surface area contributed by atoms with Gasteiger partial charge in [0.15, 0.2) is 0 Å². The number of aromatic nitrogens is 2. The zero-order valence-corrected chi connectivity index (χ0v) is 16.2. The fourth-order valence-corrected chi connectivity index (χ4v) is 2.77. The standard InChI is InChI=1S/C20H27N3O4/c1-5-27-20(26)18-12-22-23(14(18)4)16-8-6-15(7-9-16)19(25)21-11-17(24)10-13(2)3/h6-9,12-13,17,24H,5,10-11H2,1-4H3,(H,21,25)/t17-/m1/s1. The van der Waals surface area contributed by atoms with E-state index in [4.69, 9.17) is 4.74 Å². The summed E-state index contributed by atoms with van der Waals surface area (Å²) in [6.45, 7) is 8.11. The fraction of sp³-hybridized carbons (Fsp3) is 0.450. The Hall–Kier alpha value is -2.67. The average Bonchev–Trinajstić information content (AvgIpc) is 3.01. The summed E-state index contributed by atoms with van der Waals surface area (Å²) < 4.78 is 6.64. The number of nitrogens with zero attached hydrogens (tertiary/aromatic N) is 2. The lowest BCUT2D eigenvalue weighted by atomic mass is 10.1. The molecule has 7 nitrogen and oxygen atoms in total. The van der Waals surface area contributed by atoms with Crippen molar-refractivity contribution in [2.24, 2.45) is 5.92 Å². The highest BCUT2D eigenvalue weighted by Gasteiger charge is 2.16. The molecule has 2 rings (SSSR count). The Morgan fingerprint density at radius 3 is 2.52 bits per heavy atom. The van der Waals surface area contributed by atoms with Gasteiger partial charge in [-0.05, 0) is 50.5 Å². The summed E-state index contributed by atoms with van der Waals surface area (Å²) in [5.41, 5.74) is 2.31. The first kappa shape index (κ1) is 20.6. The van der Waals surface area contributed by atoms with Gasteiger partial charge < -0.3 is 15.2 Å². The number of esters is 1. The van der Waals surface area contributed by atoms with Crippen LogP contribution in [0.3, 0.4) is 0 Å². The smallest absolute Gasteiger partial charge is 0.341 e. The van der Waals surface area contributed by atoms with E-state index < -0.39 is 12.1 Å². The van der Waals surface area contributed by atoms with Crippen LogP contribution < -0.4 is 5.32 Å². The predicted molar refractivity (Wildman–Crippen MR) is 102 cm³/mol. The molecule has 146 valence electrons. The summed E-state index contributed by atoms with van der Waals surface area (Å²) in [4.78, 5) is 24.1. The maximum Gasteiger partial charge on any atom is 0.341 e. The van der Waals surface area contributed by atoms with Crippen molar-refractivity contribution < 1.29 is 19.4 Å². The molecule has 1 aromatic heterocycles. The molecule has 0 radical (unpaired) electrons. The number of ether oxygens (including phenoxy) is 1. The largest absolute Gasteiger partial charge is 0.462 e. The first-order valence-corrected chi connectivity index (χ1v) is 9.11. The molecule has 1 heterocycles. The minimum atomic E-state index is -0.554. The van der Waals surface area contributed by atoms with E-state index in [-0.39, 0.29) is 12.5 Å². The van der Waals surface area contributed by atoms with Crippen LogP contribution in [-0.4, -0.2) is 46.0 Å². The van der Waals surface area contributed by atoms with Gasteiger partial charge in [-0.1, -0.05) is 13.8 Å². The van der Waals surface area contributed by atoms with Gasteiger partial charge >= 0.3 is 5.97 Å². The van der Waals surface area contributed by atoms with E-state index in [1.807, 2.05) is 13.8 Å². The maximum absolute atomic E-state index is 12.2. The second-order valence-corrected chi connectivity index (χ2v) is 6.82. The monoisotopic (exact) mass is 373 g/mol. The molecule has 1 amide bonds. The van der Waals surface area contributed by atoms with Gasteiger partial charge in [-0.15, -0.1) is 0 Å². The lowest BCUT2D eigenvalue weighted by Gasteiger charge is -2.14. The number of hydrogen-bond acceptors (Lipinski definition) is 5. The number of rotatable bonds is 8. The number of hydrogen-bond donors (Lipinski definition) is 2. The first-order valence-electron chi connectivity index (χ1n) is 9.11. The quantitative estimate of drug-likeness (QED) is 0.694.